The summed E-state index contributed by atoms with van der Waals surface area (Å²) in [5, 5.41) is 1.32. The van der Waals surface area contributed by atoms with Crippen LogP contribution in [0.1, 0.15) is 11.4 Å². The lowest BCUT2D eigenvalue weighted by Crippen LogP contribution is -1.98. The lowest BCUT2D eigenvalue weighted by molar-refractivity contribution is 0.177. The number of halogens is 1. The maximum absolute atomic E-state index is 5.95. The largest absolute Gasteiger partial charge is 0.377 e. The molecular formula is C13H13ClN2OS. The minimum atomic E-state index is 0.374. The fourth-order valence-electron chi connectivity index (χ4n) is 1.44. The Bertz CT molecular complexity index is 508. The fraction of sp³-hybridized carbons (Fsp3) is 0.231. The molecule has 0 saturated heterocycles. The Morgan fingerprint density at radius 2 is 2.00 bits per heavy atom. The topological polar surface area (TPSA) is 35.0 Å². The van der Waals surface area contributed by atoms with Gasteiger partial charge in [-0.3, -0.25) is 0 Å². The molecule has 0 aliphatic rings. The van der Waals surface area contributed by atoms with Gasteiger partial charge in [0.1, 0.15) is 16.8 Å². The molecule has 18 heavy (non-hydrogen) atoms. The van der Waals surface area contributed by atoms with E-state index in [0.29, 0.717) is 17.6 Å². The Labute approximate surface area is 116 Å². The van der Waals surface area contributed by atoms with E-state index >= 15 is 0 Å². The number of thioether (sulfide) groups is 1. The summed E-state index contributed by atoms with van der Waals surface area (Å²) in [7, 11) is 1.61. The van der Waals surface area contributed by atoms with Gasteiger partial charge >= 0.3 is 0 Å². The van der Waals surface area contributed by atoms with Crippen molar-refractivity contribution in [3.63, 3.8) is 0 Å². The molecule has 1 aromatic carbocycles. The van der Waals surface area contributed by atoms with Crippen LogP contribution in [-0.4, -0.2) is 17.1 Å². The zero-order chi connectivity index (χ0) is 12.8. The van der Waals surface area contributed by atoms with Gasteiger partial charge < -0.3 is 4.74 Å². The molecule has 1 heterocycles. The molecule has 0 aliphatic heterocycles. The standard InChI is InChI=1S/C13H13ClN2OS/c1-17-8-12-15-11(14)7-13(16-12)18-9-10-5-3-2-4-6-10/h2-7H,8-9H2,1H3. The molecule has 0 amide bonds. The van der Waals surface area contributed by atoms with E-state index in [2.05, 4.69) is 22.1 Å². The third-order valence-electron chi connectivity index (χ3n) is 2.22. The molecule has 1 aromatic heterocycles. The molecule has 0 spiro atoms. The first-order chi connectivity index (χ1) is 8.78. The molecule has 0 aliphatic carbocycles. The van der Waals surface area contributed by atoms with Crippen LogP contribution < -0.4 is 0 Å². The van der Waals surface area contributed by atoms with Crippen molar-refractivity contribution in [3.05, 3.63) is 52.9 Å². The third-order valence-corrected chi connectivity index (χ3v) is 3.40. The first-order valence-corrected chi connectivity index (χ1v) is 6.83. The van der Waals surface area contributed by atoms with Gasteiger partial charge in [-0.2, -0.15) is 0 Å². The second-order valence-electron chi connectivity index (χ2n) is 3.65. The van der Waals surface area contributed by atoms with Gasteiger partial charge in [0, 0.05) is 18.9 Å². The van der Waals surface area contributed by atoms with Gasteiger partial charge in [-0.05, 0) is 5.56 Å². The van der Waals surface area contributed by atoms with E-state index in [1.807, 2.05) is 18.2 Å². The molecule has 0 unspecified atom stereocenters. The van der Waals surface area contributed by atoms with E-state index < -0.39 is 0 Å². The molecule has 3 nitrogen and oxygen atoms in total. The number of benzene rings is 1. The van der Waals surface area contributed by atoms with Crippen LogP contribution in [0.4, 0.5) is 0 Å². The smallest absolute Gasteiger partial charge is 0.156 e. The van der Waals surface area contributed by atoms with Gasteiger partial charge in [-0.25, -0.2) is 9.97 Å². The summed E-state index contributed by atoms with van der Waals surface area (Å²) in [4.78, 5) is 8.48. The highest BCUT2D eigenvalue weighted by Gasteiger charge is 2.04. The number of ether oxygens (including phenoxy) is 1. The summed E-state index contributed by atoms with van der Waals surface area (Å²) in [6, 6.07) is 12.0. The normalized spacial score (nSPS) is 10.6. The molecule has 94 valence electrons. The van der Waals surface area contributed by atoms with Crippen LogP contribution in [-0.2, 0) is 17.1 Å². The van der Waals surface area contributed by atoms with Crippen molar-refractivity contribution in [3.8, 4) is 0 Å². The maximum atomic E-state index is 5.95. The minimum Gasteiger partial charge on any atom is -0.377 e. The lowest BCUT2D eigenvalue weighted by atomic mass is 10.2. The molecule has 0 saturated carbocycles. The first-order valence-electron chi connectivity index (χ1n) is 5.47. The molecule has 2 rings (SSSR count). The predicted molar refractivity (Wildman–Crippen MR) is 73.8 cm³/mol. The van der Waals surface area contributed by atoms with Gasteiger partial charge in [-0.1, -0.05) is 41.9 Å². The highest BCUT2D eigenvalue weighted by Crippen LogP contribution is 2.23. The molecule has 2 aromatic rings. The summed E-state index contributed by atoms with van der Waals surface area (Å²) in [5.74, 6) is 1.47. The highest BCUT2D eigenvalue weighted by atomic mass is 35.5. The quantitative estimate of drug-likeness (QED) is 0.619. The summed E-state index contributed by atoms with van der Waals surface area (Å²) < 4.78 is 5.01. The predicted octanol–water partition coefficient (Wildman–Crippen LogP) is 3.57. The number of aromatic nitrogens is 2. The Morgan fingerprint density at radius 3 is 2.72 bits per heavy atom. The molecule has 0 atom stereocenters. The number of methoxy groups -OCH3 is 1. The van der Waals surface area contributed by atoms with Crippen molar-refractivity contribution in [1.82, 2.24) is 9.97 Å². The van der Waals surface area contributed by atoms with Crippen LogP contribution >= 0.6 is 23.4 Å². The van der Waals surface area contributed by atoms with E-state index in [0.717, 1.165) is 10.8 Å². The van der Waals surface area contributed by atoms with E-state index in [9.17, 15) is 0 Å². The fourth-order valence-corrected chi connectivity index (χ4v) is 2.58. The molecular weight excluding hydrogens is 268 g/mol. The molecule has 0 fully saturated rings. The summed E-state index contributed by atoms with van der Waals surface area (Å²) in [5.41, 5.74) is 1.26. The van der Waals surface area contributed by atoms with Crippen LogP contribution in [0, 0.1) is 0 Å². The third kappa shape index (κ3) is 3.98. The highest BCUT2D eigenvalue weighted by molar-refractivity contribution is 7.98. The second kappa shape index (κ2) is 6.73. The Morgan fingerprint density at radius 1 is 1.22 bits per heavy atom. The first kappa shape index (κ1) is 13.3. The molecule has 5 heteroatoms. The monoisotopic (exact) mass is 280 g/mol. The van der Waals surface area contributed by atoms with Crippen LogP contribution in [0.2, 0.25) is 5.15 Å². The van der Waals surface area contributed by atoms with E-state index in [1.54, 1.807) is 24.9 Å². The number of hydrogen-bond acceptors (Lipinski definition) is 4. The SMILES string of the molecule is COCc1nc(Cl)cc(SCc2ccccc2)n1. The summed E-state index contributed by atoms with van der Waals surface area (Å²) in [6.07, 6.45) is 0. The van der Waals surface area contributed by atoms with E-state index in [-0.39, 0.29) is 0 Å². The second-order valence-corrected chi connectivity index (χ2v) is 5.04. The average Bonchev–Trinajstić information content (AvgIpc) is 2.37. The lowest BCUT2D eigenvalue weighted by Gasteiger charge is -2.04. The number of nitrogens with zero attached hydrogens (tertiary/aromatic N) is 2. The van der Waals surface area contributed by atoms with Gasteiger partial charge in [0.25, 0.3) is 0 Å². The molecule has 0 bridgehead atoms. The Hall–Kier alpha value is -1.10. The minimum absolute atomic E-state index is 0.374. The van der Waals surface area contributed by atoms with Crippen molar-refractivity contribution < 1.29 is 4.74 Å². The van der Waals surface area contributed by atoms with Crippen LogP contribution in [0.3, 0.4) is 0 Å². The van der Waals surface area contributed by atoms with Crippen molar-refractivity contribution in [2.45, 2.75) is 17.4 Å². The van der Waals surface area contributed by atoms with E-state index in [1.165, 1.54) is 5.56 Å². The van der Waals surface area contributed by atoms with Crippen molar-refractivity contribution in [2.75, 3.05) is 7.11 Å². The number of rotatable bonds is 5. The molecule has 0 N–H and O–H groups in total. The summed E-state index contributed by atoms with van der Waals surface area (Å²) >= 11 is 7.58. The van der Waals surface area contributed by atoms with Gasteiger partial charge in [0.05, 0.1) is 0 Å². The average molecular weight is 281 g/mol. The van der Waals surface area contributed by atoms with Crippen LogP contribution in [0.15, 0.2) is 41.4 Å². The zero-order valence-corrected chi connectivity index (χ0v) is 11.5. The van der Waals surface area contributed by atoms with Crippen molar-refractivity contribution >= 4 is 23.4 Å². The molecule has 0 radical (unpaired) electrons. The van der Waals surface area contributed by atoms with Crippen molar-refractivity contribution in [1.29, 1.82) is 0 Å². The van der Waals surface area contributed by atoms with E-state index in [4.69, 9.17) is 16.3 Å². The van der Waals surface area contributed by atoms with Crippen molar-refractivity contribution in [2.24, 2.45) is 0 Å². The Kier molecular flexibility index (Phi) is 4.99. The van der Waals surface area contributed by atoms with Gasteiger partial charge in [0.15, 0.2) is 5.82 Å². The van der Waals surface area contributed by atoms with Crippen LogP contribution in [0.25, 0.3) is 0 Å². The summed E-state index contributed by atoms with van der Waals surface area (Å²) in [6.45, 7) is 0.374. The van der Waals surface area contributed by atoms with Gasteiger partial charge in [0.2, 0.25) is 0 Å². The van der Waals surface area contributed by atoms with Crippen LogP contribution in [0.5, 0.6) is 0 Å². The zero-order valence-electron chi connectivity index (χ0n) is 9.97. The maximum Gasteiger partial charge on any atom is 0.156 e. The van der Waals surface area contributed by atoms with Gasteiger partial charge in [-0.15, -0.1) is 11.8 Å². The Balaban J connectivity index is 2.05. The number of hydrogen-bond donors (Lipinski definition) is 0.